The Labute approximate surface area is 117 Å². The minimum Gasteiger partial charge on any atom is -0.294 e. The van der Waals surface area contributed by atoms with Gasteiger partial charge < -0.3 is 0 Å². The predicted molar refractivity (Wildman–Crippen MR) is 75.3 cm³/mol. The van der Waals surface area contributed by atoms with Crippen LogP contribution in [0.15, 0.2) is 24.3 Å². The molecule has 0 atom stereocenters. The summed E-state index contributed by atoms with van der Waals surface area (Å²) in [5.74, 6) is -0.288. The molecule has 0 saturated heterocycles. The lowest BCUT2D eigenvalue weighted by Gasteiger charge is -2.08. The molecule has 0 radical (unpaired) electrons. The third-order valence-electron chi connectivity index (χ3n) is 3.28. The Kier molecular flexibility index (Phi) is 4.23. The number of benzene rings is 1. The minimum absolute atomic E-state index is 0.00504. The lowest BCUT2D eigenvalue weighted by molar-refractivity contribution is 0.0991. The molecule has 1 heterocycles. The van der Waals surface area contributed by atoms with Crippen LogP contribution >= 0.6 is 0 Å². The largest absolute Gasteiger partial charge is 0.294 e. The Balaban J connectivity index is 2.30. The van der Waals surface area contributed by atoms with Gasteiger partial charge in [0.05, 0.1) is 11.4 Å². The van der Waals surface area contributed by atoms with E-state index in [1.54, 1.807) is 12.1 Å². The summed E-state index contributed by atoms with van der Waals surface area (Å²) in [6.45, 7) is 5.56. The van der Waals surface area contributed by atoms with Gasteiger partial charge in [0.15, 0.2) is 5.78 Å². The maximum absolute atomic E-state index is 13.1. The standard InChI is InChI=1S/C16H17FN2O/c1-4-15-14(8-11(3)18-19-15)16(20)9-12-5-6-13(17)7-10(12)2/h5-8H,4,9H2,1-3H3. The predicted octanol–water partition coefficient (Wildman–Crippen LogP) is 3.22. The van der Waals surface area contributed by atoms with Gasteiger partial charge in [-0.3, -0.25) is 4.79 Å². The summed E-state index contributed by atoms with van der Waals surface area (Å²) in [5.41, 5.74) is 3.67. The number of nitrogens with zero attached hydrogens (tertiary/aromatic N) is 2. The van der Waals surface area contributed by atoms with E-state index in [1.165, 1.54) is 12.1 Å². The average Bonchev–Trinajstić information content (AvgIpc) is 2.41. The topological polar surface area (TPSA) is 42.9 Å². The summed E-state index contributed by atoms with van der Waals surface area (Å²) < 4.78 is 13.1. The molecule has 2 rings (SSSR count). The van der Waals surface area contributed by atoms with E-state index in [9.17, 15) is 9.18 Å². The van der Waals surface area contributed by atoms with Crippen LogP contribution < -0.4 is 0 Å². The third-order valence-corrected chi connectivity index (χ3v) is 3.28. The smallest absolute Gasteiger partial charge is 0.169 e. The number of aromatic nitrogens is 2. The zero-order valence-corrected chi connectivity index (χ0v) is 11.9. The van der Waals surface area contributed by atoms with Crippen molar-refractivity contribution in [2.75, 3.05) is 0 Å². The molecule has 4 heteroatoms. The van der Waals surface area contributed by atoms with Crippen LogP contribution in [0.1, 0.15) is 39.8 Å². The van der Waals surface area contributed by atoms with Crippen LogP contribution in [-0.4, -0.2) is 16.0 Å². The molecule has 104 valence electrons. The molecule has 3 nitrogen and oxygen atoms in total. The highest BCUT2D eigenvalue weighted by molar-refractivity contribution is 5.98. The van der Waals surface area contributed by atoms with Gasteiger partial charge in [0, 0.05) is 12.0 Å². The first-order chi connectivity index (χ1) is 9.51. The quantitative estimate of drug-likeness (QED) is 0.803. The number of carbonyl (C=O) groups excluding carboxylic acids is 1. The number of aryl methyl sites for hydroxylation is 3. The average molecular weight is 272 g/mol. The number of rotatable bonds is 4. The van der Waals surface area contributed by atoms with E-state index in [0.717, 1.165) is 16.8 Å². The second kappa shape index (κ2) is 5.90. The second-order valence-corrected chi connectivity index (χ2v) is 4.87. The molecule has 0 aliphatic rings. The lowest BCUT2D eigenvalue weighted by Crippen LogP contribution is -2.11. The van der Waals surface area contributed by atoms with Gasteiger partial charge in [-0.1, -0.05) is 13.0 Å². The molecule has 0 fully saturated rings. The van der Waals surface area contributed by atoms with Crippen LogP contribution in [-0.2, 0) is 12.8 Å². The number of carbonyl (C=O) groups is 1. The van der Waals surface area contributed by atoms with Crippen molar-refractivity contribution in [1.29, 1.82) is 0 Å². The van der Waals surface area contributed by atoms with Crippen LogP contribution in [0.3, 0.4) is 0 Å². The first-order valence-electron chi connectivity index (χ1n) is 6.62. The SMILES string of the molecule is CCc1nnc(C)cc1C(=O)Cc1ccc(F)cc1C. The molecule has 20 heavy (non-hydrogen) atoms. The molecule has 1 aromatic carbocycles. The molecule has 2 aromatic rings. The Bertz CT molecular complexity index is 653. The highest BCUT2D eigenvalue weighted by atomic mass is 19.1. The van der Waals surface area contributed by atoms with E-state index < -0.39 is 0 Å². The molecule has 0 spiro atoms. The number of halogens is 1. The van der Waals surface area contributed by atoms with Gasteiger partial charge in [0.1, 0.15) is 5.82 Å². The van der Waals surface area contributed by atoms with Crippen LogP contribution in [0.25, 0.3) is 0 Å². The van der Waals surface area contributed by atoms with Gasteiger partial charge in [-0.25, -0.2) is 4.39 Å². The number of hydrogen-bond acceptors (Lipinski definition) is 3. The molecule has 0 aliphatic carbocycles. The summed E-state index contributed by atoms with van der Waals surface area (Å²) in [6, 6.07) is 6.26. The van der Waals surface area contributed by atoms with Crippen LogP contribution in [0.4, 0.5) is 4.39 Å². The highest BCUT2D eigenvalue weighted by Crippen LogP contribution is 2.15. The lowest BCUT2D eigenvalue weighted by atomic mass is 9.98. The van der Waals surface area contributed by atoms with Crippen molar-refractivity contribution in [3.63, 3.8) is 0 Å². The van der Waals surface area contributed by atoms with Gasteiger partial charge >= 0.3 is 0 Å². The normalized spacial score (nSPS) is 10.6. The zero-order chi connectivity index (χ0) is 14.7. The Morgan fingerprint density at radius 3 is 2.60 bits per heavy atom. The molecule has 0 saturated carbocycles. The van der Waals surface area contributed by atoms with Gasteiger partial charge in [-0.05, 0) is 49.6 Å². The van der Waals surface area contributed by atoms with Crippen molar-refractivity contribution in [3.8, 4) is 0 Å². The fraction of sp³-hybridized carbons (Fsp3) is 0.312. The van der Waals surface area contributed by atoms with Gasteiger partial charge in [0.25, 0.3) is 0 Å². The zero-order valence-electron chi connectivity index (χ0n) is 11.9. The molecule has 0 N–H and O–H groups in total. The summed E-state index contributed by atoms with van der Waals surface area (Å²) >= 11 is 0. The highest BCUT2D eigenvalue weighted by Gasteiger charge is 2.14. The van der Waals surface area contributed by atoms with Crippen molar-refractivity contribution >= 4 is 5.78 Å². The summed E-state index contributed by atoms with van der Waals surface area (Å²) in [4.78, 5) is 12.4. The van der Waals surface area contributed by atoms with Gasteiger partial charge in [-0.15, -0.1) is 0 Å². The van der Waals surface area contributed by atoms with Crippen LogP contribution in [0.5, 0.6) is 0 Å². The first kappa shape index (κ1) is 14.3. The maximum Gasteiger partial charge on any atom is 0.169 e. The Morgan fingerprint density at radius 1 is 1.20 bits per heavy atom. The Hall–Kier alpha value is -2.10. The number of Topliss-reactive ketones (excluding diaryl/α,β-unsaturated/α-hetero) is 1. The monoisotopic (exact) mass is 272 g/mol. The van der Waals surface area contributed by atoms with Crippen molar-refractivity contribution in [2.24, 2.45) is 0 Å². The van der Waals surface area contributed by atoms with E-state index >= 15 is 0 Å². The molecule has 0 amide bonds. The van der Waals surface area contributed by atoms with Crippen LogP contribution in [0, 0.1) is 19.7 Å². The first-order valence-corrected chi connectivity index (χ1v) is 6.62. The van der Waals surface area contributed by atoms with Crippen molar-refractivity contribution in [3.05, 3.63) is 58.2 Å². The minimum atomic E-state index is -0.283. The van der Waals surface area contributed by atoms with Crippen molar-refractivity contribution in [2.45, 2.75) is 33.6 Å². The fourth-order valence-electron chi connectivity index (χ4n) is 2.14. The summed E-state index contributed by atoms with van der Waals surface area (Å²) in [7, 11) is 0. The van der Waals surface area contributed by atoms with E-state index in [0.29, 0.717) is 17.7 Å². The third kappa shape index (κ3) is 3.07. The van der Waals surface area contributed by atoms with Crippen molar-refractivity contribution in [1.82, 2.24) is 10.2 Å². The van der Waals surface area contributed by atoms with E-state index in [2.05, 4.69) is 10.2 Å². The molecule has 1 aromatic heterocycles. The van der Waals surface area contributed by atoms with E-state index in [4.69, 9.17) is 0 Å². The fourth-order valence-corrected chi connectivity index (χ4v) is 2.14. The van der Waals surface area contributed by atoms with Crippen LogP contribution in [0.2, 0.25) is 0 Å². The number of hydrogen-bond donors (Lipinski definition) is 0. The Morgan fingerprint density at radius 2 is 1.95 bits per heavy atom. The number of ketones is 1. The molecule has 0 bridgehead atoms. The molecule has 0 unspecified atom stereocenters. The van der Waals surface area contributed by atoms with E-state index in [-0.39, 0.29) is 18.0 Å². The summed E-state index contributed by atoms with van der Waals surface area (Å²) in [5, 5.41) is 8.04. The summed E-state index contributed by atoms with van der Waals surface area (Å²) in [6.07, 6.45) is 0.918. The van der Waals surface area contributed by atoms with E-state index in [1.807, 2.05) is 20.8 Å². The second-order valence-electron chi connectivity index (χ2n) is 4.87. The van der Waals surface area contributed by atoms with Gasteiger partial charge in [-0.2, -0.15) is 10.2 Å². The van der Waals surface area contributed by atoms with Crippen molar-refractivity contribution < 1.29 is 9.18 Å². The molecule has 0 aliphatic heterocycles. The van der Waals surface area contributed by atoms with Gasteiger partial charge in [0.2, 0.25) is 0 Å². The molecular weight excluding hydrogens is 255 g/mol. The maximum atomic E-state index is 13.1. The molecular formula is C16H17FN2O.